The molecule has 0 aromatic heterocycles. The topological polar surface area (TPSA) is 26.0 Å². The van der Waals surface area contributed by atoms with Gasteiger partial charge in [0.25, 0.3) is 0 Å². The minimum absolute atomic E-state index is 0.650. The van der Waals surface area contributed by atoms with Crippen molar-refractivity contribution in [2.45, 2.75) is 40.5 Å². The molecule has 0 aromatic rings. The van der Waals surface area contributed by atoms with Crippen molar-refractivity contribution in [3.05, 3.63) is 22.4 Å². The van der Waals surface area contributed by atoms with Crippen LogP contribution in [-0.2, 0) is 0 Å². The molecule has 68 valence electrons. The summed E-state index contributed by atoms with van der Waals surface area (Å²) >= 11 is 0. The molecule has 1 atom stereocenters. The molecule has 1 nitrogen and oxygen atoms in total. The Kier molecular flexibility index (Phi) is 2.61. The maximum Gasteiger partial charge on any atom is 0.0334 e. The lowest BCUT2D eigenvalue weighted by atomic mass is 9.97. The van der Waals surface area contributed by atoms with E-state index in [1.165, 1.54) is 29.6 Å². The molecule has 0 amide bonds. The summed E-state index contributed by atoms with van der Waals surface area (Å²) in [6, 6.07) is 0. The zero-order chi connectivity index (χ0) is 9.30. The molecule has 1 rings (SSSR count). The average Bonchev–Trinajstić information content (AvgIpc) is 2.14. The molecule has 0 aliphatic heterocycles. The minimum atomic E-state index is 0.650. The van der Waals surface area contributed by atoms with Gasteiger partial charge >= 0.3 is 0 Å². The van der Waals surface area contributed by atoms with Gasteiger partial charge in [-0.25, -0.2) is 0 Å². The van der Waals surface area contributed by atoms with Gasteiger partial charge in [-0.2, -0.15) is 0 Å². The summed E-state index contributed by atoms with van der Waals surface area (Å²) in [6.07, 6.45) is 2.45. The Bertz CT molecular complexity index is 246. The highest BCUT2D eigenvalue weighted by Crippen LogP contribution is 2.29. The van der Waals surface area contributed by atoms with Gasteiger partial charge in [0.15, 0.2) is 0 Å². The maximum atomic E-state index is 6.02. The van der Waals surface area contributed by atoms with Crippen LogP contribution in [0.25, 0.3) is 0 Å². The van der Waals surface area contributed by atoms with Crippen LogP contribution < -0.4 is 5.73 Å². The average molecular weight is 165 g/mol. The molecule has 2 N–H and O–H groups in total. The summed E-state index contributed by atoms with van der Waals surface area (Å²) in [5, 5.41) is 0. The lowest BCUT2D eigenvalue weighted by Crippen LogP contribution is -2.05. The first-order valence-electron chi connectivity index (χ1n) is 4.67. The Morgan fingerprint density at radius 2 is 1.83 bits per heavy atom. The third-order valence-corrected chi connectivity index (χ3v) is 3.16. The van der Waals surface area contributed by atoms with Crippen molar-refractivity contribution in [2.24, 2.45) is 11.7 Å². The van der Waals surface area contributed by atoms with Gasteiger partial charge in [0.2, 0.25) is 0 Å². The number of hydrogen-bond acceptors (Lipinski definition) is 1. The van der Waals surface area contributed by atoms with Gasteiger partial charge in [-0.05, 0) is 50.7 Å². The second-order valence-corrected chi connectivity index (χ2v) is 3.94. The molecule has 0 heterocycles. The van der Waals surface area contributed by atoms with E-state index in [0.717, 1.165) is 5.70 Å². The summed E-state index contributed by atoms with van der Waals surface area (Å²) in [6.45, 7) is 8.73. The first kappa shape index (κ1) is 9.37. The smallest absolute Gasteiger partial charge is 0.0334 e. The summed E-state index contributed by atoms with van der Waals surface area (Å²) in [5.74, 6) is 0.650. The fourth-order valence-electron chi connectivity index (χ4n) is 1.63. The van der Waals surface area contributed by atoms with Crippen LogP contribution in [0, 0.1) is 5.92 Å². The van der Waals surface area contributed by atoms with Crippen molar-refractivity contribution >= 4 is 0 Å². The number of allylic oxidation sites excluding steroid dienone is 3. The standard InChI is InChI=1S/C11H19N/c1-7-5-6-8(2)10(4)11(12)9(7)3/h7H,5-6,12H2,1-4H3. The van der Waals surface area contributed by atoms with Crippen LogP contribution in [0.2, 0.25) is 0 Å². The van der Waals surface area contributed by atoms with Gasteiger partial charge in [-0.15, -0.1) is 0 Å². The number of rotatable bonds is 0. The third-order valence-electron chi connectivity index (χ3n) is 3.16. The summed E-state index contributed by atoms with van der Waals surface area (Å²) in [5.41, 5.74) is 11.2. The highest BCUT2D eigenvalue weighted by molar-refractivity contribution is 5.36. The lowest BCUT2D eigenvalue weighted by Gasteiger charge is -2.11. The van der Waals surface area contributed by atoms with E-state index in [2.05, 4.69) is 27.7 Å². The molecule has 1 heteroatoms. The van der Waals surface area contributed by atoms with Crippen LogP contribution in [0.4, 0.5) is 0 Å². The van der Waals surface area contributed by atoms with E-state index in [0.29, 0.717) is 5.92 Å². The van der Waals surface area contributed by atoms with Crippen LogP contribution in [0.3, 0.4) is 0 Å². The van der Waals surface area contributed by atoms with E-state index in [1.54, 1.807) is 0 Å². The molecule has 0 spiro atoms. The van der Waals surface area contributed by atoms with Gasteiger partial charge < -0.3 is 5.73 Å². The predicted molar refractivity (Wildman–Crippen MR) is 53.7 cm³/mol. The first-order chi connectivity index (χ1) is 5.54. The monoisotopic (exact) mass is 165 g/mol. The highest BCUT2D eigenvalue weighted by atomic mass is 14.6. The Morgan fingerprint density at radius 3 is 2.42 bits per heavy atom. The van der Waals surface area contributed by atoms with Crippen molar-refractivity contribution in [2.75, 3.05) is 0 Å². The molecule has 0 bridgehead atoms. The third kappa shape index (κ3) is 1.55. The second kappa shape index (κ2) is 3.34. The normalized spacial score (nSPS) is 26.2. The molecular weight excluding hydrogens is 146 g/mol. The summed E-state index contributed by atoms with van der Waals surface area (Å²) in [4.78, 5) is 0. The summed E-state index contributed by atoms with van der Waals surface area (Å²) in [7, 11) is 0. The fourth-order valence-corrected chi connectivity index (χ4v) is 1.63. The lowest BCUT2D eigenvalue weighted by molar-refractivity contribution is 0.614. The molecule has 1 aliphatic rings. The van der Waals surface area contributed by atoms with Crippen LogP contribution in [0.15, 0.2) is 22.4 Å². The molecule has 0 radical (unpaired) electrons. The predicted octanol–water partition coefficient (Wildman–Crippen LogP) is 2.99. The Balaban J connectivity index is 3.08. The van der Waals surface area contributed by atoms with Gasteiger partial charge in [-0.1, -0.05) is 12.5 Å². The van der Waals surface area contributed by atoms with Crippen molar-refractivity contribution in [1.82, 2.24) is 0 Å². The van der Waals surface area contributed by atoms with E-state index >= 15 is 0 Å². The van der Waals surface area contributed by atoms with Crippen LogP contribution >= 0.6 is 0 Å². The molecule has 12 heavy (non-hydrogen) atoms. The van der Waals surface area contributed by atoms with E-state index < -0.39 is 0 Å². The molecule has 0 aromatic carbocycles. The number of hydrogen-bond donors (Lipinski definition) is 1. The van der Waals surface area contributed by atoms with E-state index in [4.69, 9.17) is 5.73 Å². The molecular formula is C11H19N. The zero-order valence-corrected chi connectivity index (χ0v) is 8.57. The van der Waals surface area contributed by atoms with Gasteiger partial charge in [-0.3, -0.25) is 0 Å². The fraction of sp³-hybridized carbons (Fsp3) is 0.636. The maximum absolute atomic E-state index is 6.02. The Morgan fingerprint density at radius 1 is 1.25 bits per heavy atom. The van der Waals surface area contributed by atoms with Crippen molar-refractivity contribution in [1.29, 1.82) is 0 Å². The second-order valence-electron chi connectivity index (χ2n) is 3.94. The van der Waals surface area contributed by atoms with E-state index in [1.807, 2.05) is 0 Å². The quantitative estimate of drug-likeness (QED) is 0.586. The van der Waals surface area contributed by atoms with Crippen molar-refractivity contribution in [3.63, 3.8) is 0 Å². The summed E-state index contributed by atoms with van der Waals surface area (Å²) < 4.78 is 0. The largest absolute Gasteiger partial charge is 0.399 e. The molecule has 1 aliphatic carbocycles. The zero-order valence-electron chi connectivity index (χ0n) is 8.57. The minimum Gasteiger partial charge on any atom is -0.399 e. The van der Waals surface area contributed by atoms with Crippen molar-refractivity contribution < 1.29 is 0 Å². The molecule has 0 saturated carbocycles. The Labute approximate surface area is 75.3 Å². The van der Waals surface area contributed by atoms with Gasteiger partial charge in [0.1, 0.15) is 0 Å². The van der Waals surface area contributed by atoms with Crippen LogP contribution in [0.5, 0.6) is 0 Å². The van der Waals surface area contributed by atoms with Crippen LogP contribution in [0.1, 0.15) is 40.5 Å². The van der Waals surface area contributed by atoms with E-state index in [9.17, 15) is 0 Å². The van der Waals surface area contributed by atoms with Crippen molar-refractivity contribution in [3.8, 4) is 0 Å². The van der Waals surface area contributed by atoms with E-state index in [-0.39, 0.29) is 0 Å². The molecule has 0 fully saturated rings. The van der Waals surface area contributed by atoms with Crippen LogP contribution in [-0.4, -0.2) is 0 Å². The van der Waals surface area contributed by atoms with Gasteiger partial charge in [0.05, 0.1) is 0 Å². The Hall–Kier alpha value is -0.720. The molecule has 0 saturated heterocycles. The molecule has 1 unspecified atom stereocenters. The van der Waals surface area contributed by atoms with Gasteiger partial charge in [0, 0.05) is 5.70 Å². The number of nitrogens with two attached hydrogens (primary N) is 1. The first-order valence-corrected chi connectivity index (χ1v) is 4.67. The SMILES string of the molecule is CC1=C(C)C(N)=C(C)C(C)CC1. The highest BCUT2D eigenvalue weighted by Gasteiger charge is 2.14.